The van der Waals surface area contributed by atoms with E-state index in [-0.39, 0.29) is 0 Å². The standard InChI is InChI=1S/C9H9Br3O/c10-5-8(12)6-13-9-3-1-7(11)2-4-9/h1-4,8H,5-6H2. The van der Waals surface area contributed by atoms with E-state index in [1.807, 2.05) is 24.3 Å². The van der Waals surface area contributed by atoms with Crippen molar-refractivity contribution in [3.05, 3.63) is 28.7 Å². The van der Waals surface area contributed by atoms with Crippen molar-refractivity contribution in [2.24, 2.45) is 0 Å². The van der Waals surface area contributed by atoms with Crippen LogP contribution in [0.15, 0.2) is 28.7 Å². The van der Waals surface area contributed by atoms with E-state index in [9.17, 15) is 0 Å². The first-order valence-electron chi connectivity index (χ1n) is 3.81. The van der Waals surface area contributed by atoms with Gasteiger partial charge in [0, 0.05) is 9.80 Å². The van der Waals surface area contributed by atoms with Gasteiger partial charge in [-0.3, -0.25) is 0 Å². The van der Waals surface area contributed by atoms with Gasteiger partial charge >= 0.3 is 0 Å². The van der Waals surface area contributed by atoms with Gasteiger partial charge < -0.3 is 4.74 Å². The molecule has 0 aliphatic carbocycles. The summed E-state index contributed by atoms with van der Waals surface area (Å²) in [4.78, 5) is 0.358. The lowest BCUT2D eigenvalue weighted by Gasteiger charge is -2.08. The summed E-state index contributed by atoms with van der Waals surface area (Å²) in [6.45, 7) is 0.673. The highest BCUT2D eigenvalue weighted by Gasteiger charge is 2.02. The van der Waals surface area contributed by atoms with E-state index in [2.05, 4.69) is 47.8 Å². The second kappa shape index (κ2) is 6.04. The van der Waals surface area contributed by atoms with E-state index < -0.39 is 0 Å². The van der Waals surface area contributed by atoms with Crippen molar-refractivity contribution in [3.8, 4) is 5.75 Å². The zero-order chi connectivity index (χ0) is 9.68. The molecule has 1 atom stereocenters. The fraction of sp³-hybridized carbons (Fsp3) is 0.333. The largest absolute Gasteiger partial charge is 0.492 e. The van der Waals surface area contributed by atoms with E-state index in [0.717, 1.165) is 15.6 Å². The highest BCUT2D eigenvalue weighted by atomic mass is 79.9. The van der Waals surface area contributed by atoms with E-state index >= 15 is 0 Å². The van der Waals surface area contributed by atoms with Crippen LogP contribution in [0.1, 0.15) is 0 Å². The van der Waals surface area contributed by atoms with Crippen molar-refractivity contribution in [1.29, 1.82) is 0 Å². The lowest BCUT2D eigenvalue weighted by Crippen LogP contribution is -2.11. The first-order chi connectivity index (χ1) is 6.22. The van der Waals surface area contributed by atoms with Gasteiger partial charge in [-0.1, -0.05) is 47.8 Å². The van der Waals surface area contributed by atoms with Gasteiger partial charge in [0.25, 0.3) is 0 Å². The molecule has 0 bridgehead atoms. The minimum atomic E-state index is 0.358. The van der Waals surface area contributed by atoms with Gasteiger partial charge in [0.2, 0.25) is 0 Å². The molecule has 0 saturated carbocycles. The second-order valence-corrected chi connectivity index (χ2v) is 5.37. The Morgan fingerprint density at radius 1 is 1.23 bits per heavy atom. The summed E-state index contributed by atoms with van der Waals surface area (Å²) < 4.78 is 6.58. The smallest absolute Gasteiger partial charge is 0.119 e. The molecule has 0 aliphatic rings. The first kappa shape index (κ1) is 11.5. The molecular formula is C9H9Br3O. The van der Waals surface area contributed by atoms with Gasteiger partial charge in [0.05, 0.1) is 4.83 Å². The lowest BCUT2D eigenvalue weighted by atomic mass is 10.3. The van der Waals surface area contributed by atoms with Crippen LogP contribution in [-0.4, -0.2) is 16.8 Å². The Morgan fingerprint density at radius 2 is 1.85 bits per heavy atom. The van der Waals surface area contributed by atoms with Crippen molar-refractivity contribution in [2.75, 3.05) is 11.9 Å². The molecule has 1 aromatic rings. The minimum Gasteiger partial charge on any atom is -0.492 e. The van der Waals surface area contributed by atoms with Crippen molar-refractivity contribution in [3.63, 3.8) is 0 Å². The summed E-state index contributed by atoms with van der Waals surface area (Å²) in [7, 11) is 0. The van der Waals surface area contributed by atoms with Crippen LogP contribution in [-0.2, 0) is 0 Å². The maximum Gasteiger partial charge on any atom is 0.119 e. The summed E-state index contributed by atoms with van der Waals surface area (Å²) in [6, 6.07) is 7.81. The second-order valence-electron chi connectivity index (χ2n) is 2.52. The highest BCUT2D eigenvalue weighted by Crippen LogP contribution is 2.17. The average Bonchev–Trinajstić information content (AvgIpc) is 2.16. The average molecular weight is 373 g/mol. The number of benzene rings is 1. The van der Waals surface area contributed by atoms with Gasteiger partial charge in [-0.25, -0.2) is 0 Å². The molecule has 0 radical (unpaired) electrons. The van der Waals surface area contributed by atoms with Crippen molar-refractivity contribution in [1.82, 2.24) is 0 Å². The third kappa shape index (κ3) is 4.47. The number of hydrogen-bond donors (Lipinski definition) is 0. The van der Waals surface area contributed by atoms with Crippen molar-refractivity contribution in [2.45, 2.75) is 4.83 Å². The Labute approximate surface area is 103 Å². The molecule has 0 N–H and O–H groups in total. The molecule has 0 fully saturated rings. The fourth-order valence-corrected chi connectivity index (χ4v) is 1.35. The molecule has 1 aromatic carbocycles. The predicted octanol–water partition coefficient (Wildman–Crippen LogP) is 3.99. The summed E-state index contributed by atoms with van der Waals surface area (Å²) in [6.07, 6.45) is 0. The van der Waals surface area contributed by atoms with Crippen LogP contribution in [0.2, 0.25) is 0 Å². The van der Waals surface area contributed by atoms with E-state index in [1.165, 1.54) is 0 Å². The maximum atomic E-state index is 5.52. The third-order valence-electron chi connectivity index (χ3n) is 1.41. The van der Waals surface area contributed by atoms with Gasteiger partial charge in [-0.15, -0.1) is 0 Å². The van der Waals surface area contributed by atoms with Crippen LogP contribution >= 0.6 is 47.8 Å². The maximum absolute atomic E-state index is 5.52. The van der Waals surface area contributed by atoms with Crippen molar-refractivity contribution >= 4 is 47.8 Å². The monoisotopic (exact) mass is 370 g/mol. The quantitative estimate of drug-likeness (QED) is 0.726. The molecule has 1 rings (SSSR count). The fourth-order valence-electron chi connectivity index (χ4n) is 0.762. The number of alkyl halides is 2. The van der Waals surface area contributed by atoms with Crippen LogP contribution in [0, 0.1) is 0 Å². The molecule has 0 spiro atoms. The molecule has 72 valence electrons. The summed E-state index contributed by atoms with van der Waals surface area (Å²) in [5.74, 6) is 0.897. The molecule has 0 amide bonds. The Hall–Kier alpha value is 0.460. The van der Waals surface area contributed by atoms with Gasteiger partial charge in [-0.2, -0.15) is 0 Å². The number of ether oxygens (including phenoxy) is 1. The third-order valence-corrected chi connectivity index (χ3v) is 4.18. The molecule has 4 heteroatoms. The Kier molecular flexibility index (Phi) is 5.36. The van der Waals surface area contributed by atoms with E-state index in [4.69, 9.17) is 4.74 Å². The van der Waals surface area contributed by atoms with Gasteiger partial charge in [-0.05, 0) is 24.3 Å². The zero-order valence-electron chi connectivity index (χ0n) is 6.84. The molecule has 0 aliphatic heterocycles. The van der Waals surface area contributed by atoms with E-state index in [1.54, 1.807) is 0 Å². The Morgan fingerprint density at radius 3 is 2.38 bits per heavy atom. The van der Waals surface area contributed by atoms with Crippen LogP contribution in [0.5, 0.6) is 5.75 Å². The molecule has 1 unspecified atom stereocenters. The molecule has 0 aromatic heterocycles. The molecule has 13 heavy (non-hydrogen) atoms. The molecule has 0 heterocycles. The molecule has 1 nitrogen and oxygen atoms in total. The SMILES string of the molecule is BrCC(Br)COc1ccc(Br)cc1. The highest BCUT2D eigenvalue weighted by molar-refractivity contribution is 9.12. The van der Waals surface area contributed by atoms with E-state index in [0.29, 0.717) is 11.4 Å². The van der Waals surface area contributed by atoms with Crippen LogP contribution in [0.4, 0.5) is 0 Å². The van der Waals surface area contributed by atoms with Crippen molar-refractivity contribution < 1.29 is 4.74 Å². The topological polar surface area (TPSA) is 9.23 Å². The number of rotatable bonds is 4. The zero-order valence-corrected chi connectivity index (χ0v) is 11.6. The molecule has 0 saturated heterocycles. The first-order valence-corrected chi connectivity index (χ1v) is 6.64. The predicted molar refractivity (Wildman–Crippen MR) is 66.1 cm³/mol. The summed E-state index contributed by atoms with van der Waals surface area (Å²) >= 11 is 10.2. The van der Waals surface area contributed by atoms with Crippen LogP contribution in [0.3, 0.4) is 0 Å². The van der Waals surface area contributed by atoms with Crippen LogP contribution < -0.4 is 4.74 Å². The lowest BCUT2D eigenvalue weighted by molar-refractivity contribution is 0.325. The van der Waals surface area contributed by atoms with Crippen LogP contribution in [0.25, 0.3) is 0 Å². The Balaban J connectivity index is 2.41. The summed E-state index contributed by atoms with van der Waals surface area (Å²) in [5, 5.41) is 0.892. The minimum absolute atomic E-state index is 0.358. The number of halogens is 3. The number of hydrogen-bond acceptors (Lipinski definition) is 1. The normalized spacial score (nSPS) is 12.5. The molecular weight excluding hydrogens is 364 g/mol. The summed E-state index contributed by atoms with van der Waals surface area (Å²) in [5.41, 5.74) is 0. The van der Waals surface area contributed by atoms with Gasteiger partial charge in [0.15, 0.2) is 0 Å². The Bertz CT molecular complexity index is 248. The van der Waals surface area contributed by atoms with Gasteiger partial charge in [0.1, 0.15) is 12.4 Å².